The molecule has 0 saturated heterocycles. The summed E-state index contributed by atoms with van der Waals surface area (Å²) in [7, 11) is -3.57. The third kappa shape index (κ3) is 4.24. The van der Waals surface area contributed by atoms with Crippen LogP contribution in [0.3, 0.4) is 0 Å². The third-order valence-electron chi connectivity index (χ3n) is 5.91. The summed E-state index contributed by atoms with van der Waals surface area (Å²) in [6.07, 6.45) is 1.22. The largest absolute Gasteiger partial charge is 0.434 e. The maximum Gasteiger partial charge on any atom is 0.387 e. The SMILES string of the molecule is [2H]C([2H])([2H])N1C(=O)c2cccc(OC(F)F)c2[C@H]2C[C@@H]1c1nc3ccc(C#CCCOS(C)(=O)=O)cc3n12. The second kappa shape index (κ2) is 8.62. The molecule has 3 aromatic rings. The summed E-state index contributed by atoms with van der Waals surface area (Å²) in [6.45, 7) is -6.06. The van der Waals surface area contributed by atoms with Gasteiger partial charge in [0.2, 0.25) is 0 Å². The van der Waals surface area contributed by atoms with E-state index in [9.17, 15) is 22.0 Å². The summed E-state index contributed by atoms with van der Waals surface area (Å²) in [5.41, 5.74) is 1.79. The first-order valence-electron chi connectivity index (χ1n) is 12.1. The van der Waals surface area contributed by atoms with Crippen molar-refractivity contribution in [2.24, 2.45) is 0 Å². The van der Waals surface area contributed by atoms with Crippen LogP contribution in [0.2, 0.25) is 0 Å². The van der Waals surface area contributed by atoms with Crippen molar-refractivity contribution in [2.45, 2.75) is 31.5 Å². The Labute approximate surface area is 204 Å². The standard InChI is InChI=1S/C24H21F2N3O5S/c1-28-19-13-18(21-15(23(28)30)7-5-8-20(21)34-24(25)26)29-17-12-14(9-10-16(17)27-22(19)29)6-3-4-11-33-35(2,31)32/h5,7-10,12,18-19,24H,4,11,13H2,1-2H3/t18-,19-/m1/s1/i1D3. The number of nitrogens with zero attached hydrogens (tertiary/aromatic N) is 3. The van der Waals surface area contributed by atoms with E-state index in [1.807, 2.05) is 0 Å². The average molecular weight is 505 g/mol. The molecule has 1 aromatic heterocycles. The van der Waals surface area contributed by atoms with Crippen LogP contribution in [0.5, 0.6) is 5.75 Å². The number of amides is 1. The molecule has 8 nitrogen and oxygen atoms in total. The predicted molar refractivity (Wildman–Crippen MR) is 123 cm³/mol. The van der Waals surface area contributed by atoms with Crippen LogP contribution < -0.4 is 4.74 Å². The van der Waals surface area contributed by atoms with Crippen molar-refractivity contribution in [3.8, 4) is 17.6 Å². The fourth-order valence-corrected chi connectivity index (χ4v) is 4.98. The molecule has 0 aliphatic carbocycles. The molecule has 0 saturated carbocycles. The Kier molecular flexibility index (Phi) is 4.87. The number of carbonyl (C=O) groups is 1. The van der Waals surface area contributed by atoms with Gasteiger partial charge in [-0.15, -0.1) is 0 Å². The van der Waals surface area contributed by atoms with Gasteiger partial charge in [-0.2, -0.15) is 17.2 Å². The van der Waals surface area contributed by atoms with Gasteiger partial charge in [0.1, 0.15) is 11.6 Å². The van der Waals surface area contributed by atoms with Gasteiger partial charge in [0, 0.05) is 40.6 Å². The lowest BCUT2D eigenvalue weighted by Crippen LogP contribution is -2.30. The molecule has 2 aromatic carbocycles. The molecule has 0 radical (unpaired) electrons. The first-order valence-corrected chi connectivity index (χ1v) is 12.4. The van der Waals surface area contributed by atoms with Gasteiger partial charge in [-0.25, -0.2) is 4.98 Å². The minimum atomic E-state index is -3.57. The van der Waals surface area contributed by atoms with Crippen LogP contribution >= 0.6 is 0 Å². The number of hydrogen-bond donors (Lipinski definition) is 0. The van der Waals surface area contributed by atoms with Crippen LogP contribution in [-0.2, 0) is 14.3 Å². The second-order valence-electron chi connectivity index (χ2n) is 8.16. The van der Waals surface area contributed by atoms with Crippen molar-refractivity contribution in [2.75, 3.05) is 19.8 Å². The Hall–Kier alpha value is -3.49. The molecule has 0 spiro atoms. The molecule has 35 heavy (non-hydrogen) atoms. The van der Waals surface area contributed by atoms with Crippen LogP contribution in [0.15, 0.2) is 36.4 Å². The Bertz CT molecular complexity index is 1610. The van der Waals surface area contributed by atoms with E-state index in [4.69, 9.17) is 8.85 Å². The number of aromatic nitrogens is 2. The minimum absolute atomic E-state index is 0.0268. The minimum Gasteiger partial charge on any atom is -0.434 e. The molecule has 3 heterocycles. The summed E-state index contributed by atoms with van der Waals surface area (Å²) in [5, 5.41) is 0. The van der Waals surface area contributed by atoms with E-state index in [-0.39, 0.29) is 36.3 Å². The van der Waals surface area contributed by atoms with Crippen LogP contribution in [0.4, 0.5) is 8.78 Å². The first kappa shape index (κ1) is 19.8. The molecule has 2 aliphatic heterocycles. The number of imidazole rings is 1. The van der Waals surface area contributed by atoms with Gasteiger partial charge in [0.15, 0.2) is 0 Å². The number of halogens is 2. The predicted octanol–water partition coefficient (Wildman–Crippen LogP) is 3.48. The van der Waals surface area contributed by atoms with Gasteiger partial charge in [-0.05, 0) is 30.3 Å². The first-order chi connectivity index (χ1) is 17.8. The van der Waals surface area contributed by atoms with E-state index in [1.165, 1.54) is 18.2 Å². The summed E-state index contributed by atoms with van der Waals surface area (Å²) in [4.78, 5) is 18.8. The zero-order valence-corrected chi connectivity index (χ0v) is 19.2. The number of benzene rings is 2. The van der Waals surface area contributed by atoms with Crippen molar-refractivity contribution < 1.29 is 35.0 Å². The average Bonchev–Trinajstić information content (AvgIpc) is 3.30. The van der Waals surface area contributed by atoms with Gasteiger partial charge >= 0.3 is 6.61 Å². The maximum absolute atomic E-state index is 13.4. The van der Waals surface area contributed by atoms with Gasteiger partial charge in [0.05, 0.1) is 36.0 Å². The lowest BCUT2D eigenvalue weighted by atomic mass is 9.97. The van der Waals surface area contributed by atoms with Crippen LogP contribution in [-0.4, -0.2) is 55.2 Å². The smallest absolute Gasteiger partial charge is 0.387 e. The highest BCUT2D eigenvalue weighted by Crippen LogP contribution is 2.49. The molecule has 0 N–H and O–H groups in total. The highest BCUT2D eigenvalue weighted by atomic mass is 32.2. The molecular formula is C24H21F2N3O5S. The Morgan fingerprint density at radius 3 is 2.86 bits per heavy atom. The topological polar surface area (TPSA) is 90.7 Å². The molecule has 5 rings (SSSR count). The lowest BCUT2D eigenvalue weighted by Gasteiger charge is -2.24. The summed E-state index contributed by atoms with van der Waals surface area (Å²) < 4.78 is 84.1. The van der Waals surface area contributed by atoms with Crippen molar-refractivity contribution in [3.63, 3.8) is 0 Å². The van der Waals surface area contributed by atoms with Gasteiger partial charge in [-0.1, -0.05) is 17.9 Å². The van der Waals surface area contributed by atoms with Crippen molar-refractivity contribution in [1.82, 2.24) is 14.5 Å². The van der Waals surface area contributed by atoms with Crippen LogP contribution in [0.25, 0.3) is 11.0 Å². The zero-order chi connectivity index (χ0) is 27.4. The zero-order valence-electron chi connectivity index (χ0n) is 21.4. The van der Waals surface area contributed by atoms with Crippen molar-refractivity contribution >= 4 is 27.1 Å². The van der Waals surface area contributed by atoms with E-state index < -0.39 is 41.7 Å². The van der Waals surface area contributed by atoms with Gasteiger partial charge < -0.3 is 14.2 Å². The van der Waals surface area contributed by atoms with E-state index in [1.54, 1.807) is 22.8 Å². The Morgan fingerprint density at radius 2 is 2.11 bits per heavy atom. The Morgan fingerprint density at radius 1 is 1.29 bits per heavy atom. The normalized spacial score (nSPS) is 20.4. The molecule has 0 fully saturated rings. The number of carbonyl (C=O) groups excluding carboxylic acids is 1. The molecule has 1 amide bonds. The maximum atomic E-state index is 13.4. The van der Waals surface area contributed by atoms with E-state index in [2.05, 4.69) is 21.0 Å². The summed E-state index contributed by atoms with van der Waals surface area (Å²) in [5.74, 6) is 5.06. The summed E-state index contributed by atoms with van der Waals surface area (Å²) in [6, 6.07) is 7.59. The molecule has 2 aliphatic rings. The molecular weight excluding hydrogens is 480 g/mol. The van der Waals surface area contributed by atoms with Crippen molar-refractivity contribution in [1.29, 1.82) is 0 Å². The number of fused-ring (bicyclic) bond motifs is 9. The van der Waals surface area contributed by atoms with Gasteiger partial charge in [-0.3, -0.25) is 8.98 Å². The monoisotopic (exact) mass is 504 g/mol. The highest BCUT2D eigenvalue weighted by molar-refractivity contribution is 7.85. The van der Waals surface area contributed by atoms with E-state index in [0.29, 0.717) is 22.4 Å². The van der Waals surface area contributed by atoms with Crippen LogP contribution in [0, 0.1) is 11.8 Å². The van der Waals surface area contributed by atoms with E-state index in [0.717, 1.165) is 11.2 Å². The number of rotatable bonds is 5. The Balaban J connectivity index is 1.64. The molecule has 11 heteroatoms. The quantitative estimate of drug-likeness (QED) is 0.300. The fourth-order valence-electron chi connectivity index (χ4n) is 4.60. The lowest BCUT2D eigenvalue weighted by molar-refractivity contribution is -0.0507. The second-order valence-corrected chi connectivity index (χ2v) is 9.80. The molecule has 0 unspecified atom stereocenters. The number of hydrogen-bond acceptors (Lipinski definition) is 6. The number of ether oxygens (including phenoxy) is 1. The van der Waals surface area contributed by atoms with Gasteiger partial charge in [0.25, 0.3) is 16.0 Å². The summed E-state index contributed by atoms with van der Waals surface area (Å²) >= 11 is 0. The van der Waals surface area contributed by atoms with E-state index >= 15 is 0 Å². The fraction of sp³-hybridized carbons (Fsp3) is 0.333. The van der Waals surface area contributed by atoms with Crippen LogP contribution in [0.1, 0.15) is 56.3 Å². The van der Waals surface area contributed by atoms with Crippen molar-refractivity contribution in [3.05, 3.63) is 58.9 Å². The third-order valence-corrected chi connectivity index (χ3v) is 6.50. The molecule has 2 atom stereocenters. The molecule has 182 valence electrons. The highest BCUT2D eigenvalue weighted by Gasteiger charge is 2.44. The number of alkyl halides is 2. The molecule has 2 bridgehead atoms.